The standard InChI is InChI=1S/C12H14BrNO/c1-3-12(2,8-14)11(15)9-4-6-10(13)7-5-9/h4-7,11,15H,3H2,1-2H3. The molecule has 2 nitrogen and oxygen atoms in total. The molecule has 80 valence electrons. The van der Waals surface area contributed by atoms with Crippen molar-refractivity contribution in [3.63, 3.8) is 0 Å². The summed E-state index contributed by atoms with van der Waals surface area (Å²) in [5.74, 6) is 0. The quantitative estimate of drug-likeness (QED) is 0.912. The van der Waals surface area contributed by atoms with Gasteiger partial charge in [-0.3, -0.25) is 0 Å². The van der Waals surface area contributed by atoms with Crippen molar-refractivity contribution in [2.45, 2.75) is 26.4 Å². The zero-order valence-electron chi connectivity index (χ0n) is 8.87. The molecule has 0 spiro atoms. The predicted molar refractivity (Wildman–Crippen MR) is 63.1 cm³/mol. The molecule has 15 heavy (non-hydrogen) atoms. The third-order valence-corrected chi connectivity index (χ3v) is 3.31. The highest BCUT2D eigenvalue weighted by atomic mass is 79.9. The van der Waals surface area contributed by atoms with Gasteiger partial charge in [0.1, 0.15) is 0 Å². The number of benzene rings is 1. The Labute approximate surface area is 98.7 Å². The monoisotopic (exact) mass is 267 g/mol. The summed E-state index contributed by atoms with van der Waals surface area (Å²) in [4.78, 5) is 0. The molecule has 0 aliphatic carbocycles. The lowest BCUT2D eigenvalue weighted by molar-refractivity contribution is 0.0722. The summed E-state index contributed by atoms with van der Waals surface area (Å²) >= 11 is 3.33. The Kier molecular flexibility index (Phi) is 3.90. The Morgan fingerprint density at radius 1 is 1.47 bits per heavy atom. The van der Waals surface area contributed by atoms with E-state index in [0.717, 1.165) is 10.0 Å². The summed E-state index contributed by atoms with van der Waals surface area (Å²) in [7, 11) is 0. The predicted octanol–water partition coefficient (Wildman–Crippen LogP) is 3.42. The average Bonchev–Trinajstić information content (AvgIpc) is 2.28. The molecular weight excluding hydrogens is 254 g/mol. The van der Waals surface area contributed by atoms with E-state index in [0.29, 0.717) is 6.42 Å². The highest BCUT2D eigenvalue weighted by Crippen LogP contribution is 2.36. The van der Waals surface area contributed by atoms with E-state index in [4.69, 9.17) is 5.26 Å². The minimum absolute atomic E-state index is 0.626. The Morgan fingerprint density at radius 3 is 2.40 bits per heavy atom. The van der Waals surface area contributed by atoms with Gasteiger partial charge in [-0.15, -0.1) is 0 Å². The number of rotatable bonds is 3. The van der Waals surface area contributed by atoms with Crippen molar-refractivity contribution in [2.75, 3.05) is 0 Å². The number of aliphatic hydroxyl groups excluding tert-OH is 1. The van der Waals surface area contributed by atoms with Gasteiger partial charge >= 0.3 is 0 Å². The zero-order chi connectivity index (χ0) is 11.5. The van der Waals surface area contributed by atoms with Gasteiger partial charge in [0, 0.05) is 4.47 Å². The van der Waals surface area contributed by atoms with Crippen LogP contribution in [0, 0.1) is 16.7 Å². The first-order valence-electron chi connectivity index (χ1n) is 4.88. The van der Waals surface area contributed by atoms with Gasteiger partial charge in [0.05, 0.1) is 17.6 Å². The highest BCUT2D eigenvalue weighted by molar-refractivity contribution is 9.10. The highest BCUT2D eigenvalue weighted by Gasteiger charge is 2.32. The van der Waals surface area contributed by atoms with Gasteiger partial charge in [-0.1, -0.05) is 35.0 Å². The van der Waals surface area contributed by atoms with E-state index < -0.39 is 11.5 Å². The molecule has 0 aliphatic heterocycles. The number of nitrogens with zero attached hydrogens (tertiary/aromatic N) is 1. The summed E-state index contributed by atoms with van der Waals surface area (Å²) in [5, 5.41) is 19.1. The van der Waals surface area contributed by atoms with Crippen molar-refractivity contribution in [1.82, 2.24) is 0 Å². The van der Waals surface area contributed by atoms with Crippen molar-refractivity contribution in [2.24, 2.45) is 5.41 Å². The largest absolute Gasteiger partial charge is 0.387 e. The van der Waals surface area contributed by atoms with E-state index in [1.54, 1.807) is 6.92 Å². The minimum Gasteiger partial charge on any atom is -0.387 e. The topological polar surface area (TPSA) is 44.0 Å². The maximum atomic E-state index is 10.1. The second-order valence-corrected chi connectivity index (χ2v) is 4.75. The third-order valence-electron chi connectivity index (χ3n) is 2.78. The van der Waals surface area contributed by atoms with Gasteiger partial charge in [0.15, 0.2) is 0 Å². The Bertz CT molecular complexity index is 368. The molecule has 0 bridgehead atoms. The fourth-order valence-corrected chi connectivity index (χ4v) is 1.61. The molecule has 1 N–H and O–H groups in total. The molecule has 2 unspecified atom stereocenters. The van der Waals surface area contributed by atoms with Gasteiger partial charge in [-0.05, 0) is 31.0 Å². The normalized spacial score (nSPS) is 16.5. The van der Waals surface area contributed by atoms with Crippen LogP contribution >= 0.6 is 15.9 Å². The van der Waals surface area contributed by atoms with Crippen molar-refractivity contribution < 1.29 is 5.11 Å². The molecule has 1 rings (SSSR count). The van der Waals surface area contributed by atoms with E-state index in [2.05, 4.69) is 22.0 Å². The second kappa shape index (κ2) is 4.78. The molecule has 0 amide bonds. The van der Waals surface area contributed by atoms with Crippen LogP contribution in [-0.2, 0) is 0 Å². The van der Waals surface area contributed by atoms with Gasteiger partial charge in [-0.25, -0.2) is 0 Å². The first kappa shape index (κ1) is 12.2. The van der Waals surface area contributed by atoms with E-state index in [-0.39, 0.29) is 0 Å². The SMILES string of the molecule is CCC(C)(C#N)C(O)c1ccc(Br)cc1. The van der Waals surface area contributed by atoms with Crippen LogP contribution in [0.3, 0.4) is 0 Å². The van der Waals surface area contributed by atoms with Crippen molar-refractivity contribution in [1.29, 1.82) is 5.26 Å². The van der Waals surface area contributed by atoms with Crippen molar-refractivity contribution in [3.05, 3.63) is 34.3 Å². The number of halogens is 1. The summed E-state index contributed by atoms with van der Waals surface area (Å²) in [6.45, 7) is 3.69. The maximum Gasteiger partial charge on any atom is 0.0973 e. The third kappa shape index (κ3) is 2.58. The first-order chi connectivity index (χ1) is 7.03. The summed E-state index contributed by atoms with van der Waals surface area (Å²) < 4.78 is 0.966. The first-order valence-corrected chi connectivity index (χ1v) is 5.67. The van der Waals surface area contributed by atoms with Crippen molar-refractivity contribution >= 4 is 15.9 Å². The Hall–Kier alpha value is -0.850. The fourth-order valence-electron chi connectivity index (χ4n) is 1.35. The number of aliphatic hydroxyl groups is 1. The Morgan fingerprint density at radius 2 is 2.00 bits per heavy atom. The van der Waals surface area contributed by atoms with Crippen LogP contribution in [0.2, 0.25) is 0 Å². The van der Waals surface area contributed by atoms with Gasteiger partial charge in [0.25, 0.3) is 0 Å². The molecule has 0 saturated carbocycles. The smallest absolute Gasteiger partial charge is 0.0973 e. The summed E-state index contributed by atoms with van der Waals surface area (Å²) in [6.07, 6.45) is -0.110. The molecule has 0 radical (unpaired) electrons. The average molecular weight is 268 g/mol. The molecule has 0 heterocycles. The van der Waals surface area contributed by atoms with E-state index in [1.807, 2.05) is 31.2 Å². The van der Waals surface area contributed by atoms with Gasteiger partial charge < -0.3 is 5.11 Å². The summed E-state index contributed by atoms with van der Waals surface area (Å²) in [5.41, 5.74) is 0.0671. The van der Waals surface area contributed by atoms with Crippen LogP contribution in [0.4, 0.5) is 0 Å². The maximum absolute atomic E-state index is 10.1. The zero-order valence-corrected chi connectivity index (χ0v) is 10.5. The van der Waals surface area contributed by atoms with Crippen LogP contribution in [0.5, 0.6) is 0 Å². The van der Waals surface area contributed by atoms with Crippen LogP contribution in [0.1, 0.15) is 31.9 Å². The molecule has 3 heteroatoms. The lowest BCUT2D eigenvalue weighted by Gasteiger charge is -2.26. The van der Waals surface area contributed by atoms with E-state index >= 15 is 0 Å². The second-order valence-electron chi connectivity index (χ2n) is 3.84. The molecular formula is C12H14BrNO. The van der Waals surface area contributed by atoms with Crippen LogP contribution in [0.25, 0.3) is 0 Å². The summed E-state index contributed by atoms with van der Waals surface area (Å²) in [6, 6.07) is 9.58. The Balaban J connectivity index is 2.99. The van der Waals surface area contributed by atoms with Gasteiger partial charge in [0.2, 0.25) is 0 Å². The fraction of sp³-hybridized carbons (Fsp3) is 0.417. The van der Waals surface area contributed by atoms with E-state index in [9.17, 15) is 5.11 Å². The number of hydrogen-bond donors (Lipinski definition) is 1. The molecule has 0 aromatic heterocycles. The molecule has 2 atom stereocenters. The van der Waals surface area contributed by atoms with Gasteiger partial charge in [-0.2, -0.15) is 5.26 Å². The van der Waals surface area contributed by atoms with Crippen LogP contribution in [-0.4, -0.2) is 5.11 Å². The number of nitriles is 1. The lowest BCUT2D eigenvalue weighted by atomic mass is 9.80. The molecule has 0 aliphatic rings. The molecule has 0 saturated heterocycles. The molecule has 0 fully saturated rings. The lowest BCUT2D eigenvalue weighted by Crippen LogP contribution is -2.22. The van der Waals surface area contributed by atoms with Crippen LogP contribution in [0.15, 0.2) is 28.7 Å². The molecule has 1 aromatic rings. The number of hydrogen-bond acceptors (Lipinski definition) is 2. The van der Waals surface area contributed by atoms with E-state index in [1.165, 1.54) is 0 Å². The minimum atomic E-state index is -0.736. The van der Waals surface area contributed by atoms with Crippen molar-refractivity contribution in [3.8, 4) is 6.07 Å². The van der Waals surface area contributed by atoms with Crippen LogP contribution < -0.4 is 0 Å². The molecule has 1 aromatic carbocycles.